The van der Waals surface area contributed by atoms with E-state index in [9.17, 15) is 17.4 Å². The summed E-state index contributed by atoms with van der Waals surface area (Å²) in [5, 5.41) is 3.06. The maximum absolute atomic E-state index is 13.9. The minimum Gasteiger partial charge on any atom is -0.486 e. The second kappa shape index (κ2) is 8.83. The topological polar surface area (TPSA) is 85.4 Å². The zero-order chi connectivity index (χ0) is 22.9. The van der Waals surface area contributed by atoms with Gasteiger partial charge in [0.2, 0.25) is 0 Å². The first-order valence-corrected chi connectivity index (χ1v) is 11.8. The zero-order valence-electron chi connectivity index (χ0n) is 17.1. The van der Waals surface area contributed by atoms with Gasteiger partial charge in [0, 0.05) is 39.7 Å². The van der Waals surface area contributed by atoms with E-state index in [4.69, 9.17) is 9.47 Å². The van der Waals surface area contributed by atoms with Crippen molar-refractivity contribution < 1.29 is 26.9 Å². The lowest BCUT2D eigenvalue weighted by Gasteiger charge is -2.18. The monoisotopic (exact) mass is 466 g/mol. The van der Waals surface area contributed by atoms with E-state index in [2.05, 4.69) is 25.9 Å². The van der Waals surface area contributed by atoms with Gasteiger partial charge in [-0.2, -0.15) is 0 Å². The van der Waals surface area contributed by atoms with Crippen LogP contribution in [0, 0.1) is 5.82 Å². The number of nitrogens with one attached hydrogen (secondary N) is 2. The predicted molar refractivity (Wildman–Crippen MR) is 119 cm³/mol. The van der Waals surface area contributed by atoms with Gasteiger partial charge in [-0.05, 0) is 30.1 Å². The van der Waals surface area contributed by atoms with Gasteiger partial charge in [-0.3, -0.25) is 0 Å². The highest BCUT2D eigenvalue weighted by Gasteiger charge is 2.22. The van der Waals surface area contributed by atoms with Crippen LogP contribution in [0.25, 0.3) is 10.9 Å². The maximum atomic E-state index is 13.9. The summed E-state index contributed by atoms with van der Waals surface area (Å²) < 4.78 is 67.5. The molecule has 1 fully saturated rings. The third-order valence-corrected chi connectivity index (χ3v) is 5.38. The molecule has 170 valence electrons. The molecule has 32 heavy (non-hydrogen) atoms. The van der Waals surface area contributed by atoms with Gasteiger partial charge >= 0.3 is 0 Å². The van der Waals surface area contributed by atoms with Crippen LogP contribution in [0.2, 0.25) is 0 Å². The Morgan fingerprint density at radius 3 is 2.78 bits per heavy atom. The molecule has 1 saturated heterocycles. The normalized spacial score (nSPS) is 18.0. The quantitative estimate of drug-likeness (QED) is 0.506. The summed E-state index contributed by atoms with van der Waals surface area (Å²) in [5.74, 6) is 3.30. The standard InChI is InChI=1S/C21H21F3N4O3S/c1-32(2,29)28-13-8-15(20(23)24)19-17(9-13)25-11-26-21(19)27-16-4-3-12(22)7-18(16)31-14-5-6-30-10-14/h3-4,7-9,11,14,20H,1,5-6,10H2,2H3,(H,28,29)(H,25,26,27). The average molecular weight is 466 g/mol. The molecule has 4 rings (SSSR count). The van der Waals surface area contributed by atoms with Crippen LogP contribution in [0.1, 0.15) is 18.4 Å². The molecule has 11 heteroatoms. The minimum absolute atomic E-state index is 0.0826. The lowest BCUT2D eigenvalue weighted by atomic mass is 10.1. The number of aromatic nitrogens is 2. The highest BCUT2D eigenvalue weighted by Crippen LogP contribution is 2.37. The third-order valence-electron chi connectivity index (χ3n) is 4.72. The second-order valence-corrected chi connectivity index (χ2v) is 9.67. The number of fused-ring (bicyclic) bond motifs is 1. The highest BCUT2D eigenvalue weighted by atomic mass is 32.2. The molecule has 1 aliphatic heterocycles. The van der Waals surface area contributed by atoms with Crippen molar-refractivity contribution in [3.8, 4) is 5.75 Å². The molecule has 1 aromatic heterocycles. The first-order valence-electron chi connectivity index (χ1n) is 9.67. The number of hydrogen-bond acceptors (Lipinski definition) is 6. The van der Waals surface area contributed by atoms with Gasteiger partial charge in [-0.1, -0.05) is 0 Å². The number of ether oxygens (including phenoxy) is 2. The molecule has 3 aromatic rings. The fourth-order valence-corrected chi connectivity index (χ4v) is 4.02. The molecule has 0 spiro atoms. The van der Waals surface area contributed by atoms with Gasteiger partial charge in [0.15, 0.2) is 0 Å². The molecule has 2 aromatic carbocycles. The van der Waals surface area contributed by atoms with Gasteiger partial charge in [-0.25, -0.2) is 27.3 Å². The SMILES string of the molecule is C=S(C)(=O)Nc1cc(C(F)F)c2c(Nc3ccc(F)cc3OC3CCOC3)ncnc2c1. The molecule has 0 saturated carbocycles. The summed E-state index contributed by atoms with van der Waals surface area (Å²) in [6.07, 6.45) is 0.133. The number of alkyl halides is 2. The summed E-state index contributed by atoms with van der Waals surface area (Å²) in [6.45, 7) is 0.926. The number of benzene rings is 2. The van der Waals surface area contributed by atoms with E-state index in [1.165, 1.54) is 42.9 Å². The van der Waals surface area contributed by atoms with Crippen LogP contribution in [-0.4, -0.2) is 45.6 Å². The molecule has 0 amide bonds. The molecule has 2 N–H and O–H groups in total. The van der Waals surface area contributed by atoms with E-state index in [0.29, 0.717) is 25.3 Å². The Labute approximate surface area is 183 Å². The van der Waals surface area contributed by atoms with Crippen LogP contribution >= 0.6 is 0 Å². The van der Waals surface area contributed by atoms with Crippen molar-refractivity contribution in [2.24, 2.45) is 0 Å². The van der Waals surface area contributed by atoms with Gasteiger partial charge in [0.1, 0.15) is 29.8 Å². The average Bonchev–Trinajstić information content (AvgIpc) is 3.21. The van der Waals surface area contributed by atoms with Crippen molar-refractivity contribution in [3.05, 3.63) is 48.0 Å². The molecular weight excluding hydrogens is 445 g/mol. The highest BCUT2D eigenvalue weighted by molar-refractivity contribution is 8.00. The fourth-order valence-electron chi connectivity index (χ4n) is 3.41. The fraction of sp³-hybridized carbons (Fsp3) is 0.286. The number of rotatable bonds is 7. The Kier molecular flexibility index (Phi) is 6.11. The van der Waals surface area contributed by atoms with Crippen molar-refractivity contribution in [3.63, 3.8) is 0 Å². The van der Waals surface area contributed by atoms with Crippen LogP contribution in [0.3, 0.4) is 0 Å². The number of hydrogen-bond donors (Lipinski definition) is 2. The van der Waals surface area contributed by atoms with Crippen LogP contribution in [-0.2, 0) is 14.4 Å². The molecule has 1 aliphatic rings. The van der Waals surface area contributed by atoms with Crippen LogP contribution in [0.15, 0.2) is 36.7 Å². The molecule has 2 atom stereocenters. The zero-order valence-corrected chi connectivity index (χ0v) is 17.9. The number of halogens is 3. The molecule has 2 heterocycles. The molecule has 0 aliphatic carbocycles. The Morgan fingerprint density at radius 1 is 1.28 bits per heavy atom. The first kappa shape index (κ1) is 22.2. The van der Waals surface area contributed by atoms with E-state index in [1.54, 1.807) is 0 Å². The largest absolute Gasteiger partial charge is 0.486 e. The Balaban J connectivity index is 1.77. The van der Waals surface area contributed by atoms with E-state index in [1.807, 2.05) is 0 Å². The smallest absolute Gasteiger partial charge is 0.264 e. The summed E-state index contributed by atoms with van der Waals surface area (Å²) in [7, 11) is -2.68. The Hall–Kier alpha value is -3.05. The number of nitrogens with zero attached hydrogens (tertiary/aromatic N) is 2. The van der Waals surface area contributed by atoms with Crippen molar-refractivity contribution in [1.29, 1.82) is 0 Å². The van der Waals surface area contributed by atoms with Crippen molar-refractivity contribution in [2.45, 2.75) is 19.0 Å². The number of anilines is 3. The molecule has 0 bridgehead atoms. The maximum Gasteiger partial charge on any atom is 0.264 e. The van der Waals surface area contributed by atoms with Crippen molar-refractivity contribution >= 4 is 43.7 Å². The summed E-state index contributed by atoms with van der Waals surface area (Å²) in [6, 6.07) is 6.56. The van der Waals surface area contributed by atoms with Crippen molar-refractivity contribution in [1.82, 2.24) is 9.97 Å². The van der Waals surface area contributed by atoms with E-state index in [-0.39, 0.29) is 39.8 Å². The molecular formula is C21H21F3N4O3S. The van der Waals surface area contributed by atoms with E-state index < -0.39 is 22.0 Å². The van der Waals surface area contributed by atoms with E-state index in [0.717, 1.165) is 0 Å². The first-order chi connectivity index (χ1) is 15.2. The summed E-state index contributed by atoms with van der Waals surface area (Å²) >= 11 is 0. The summed E-state index contributed by atoms with van der Waals surface area (Å²) in [5.41, 5.74) is 0.410. The molecule has 7 nitrogen and oxygen atoms in total. The van der Waals surface area contributed by atoms with Gasteiger partial charge < -0.3 is 19.5 Å². The lowest BCUT2D eigenvalue weighted by molar-refractivity contribution is 0.141. The molecule has 0 radical (unpaired) electrons. The van der Waals surface area contributed by atoms with Crippen LogP contribution < -0.4 is 14.8 Å². The molecule has 2 unspecified atom stereocenters. The lowest BCUT2D eigenvalue weighted by Crippen LogP contribution is -2.16. The van der Waals surface area contributed by atoms with Crippen LogP contribution in [0.5, 0.6) is 5.75 Å². The van der Waals surface area contributed by atoms with E-state index >= 15 is 0 Å². The van der Waals surface area contributed by atoms with Crippen LogP contribution in [0.4, 0.5) is 30.4 Å². The minimum atomic E-state index is -2.86. The summed E-state index contributed by atoms with van der Waals surface area (Å²) in [4.78, 5) is 8.22. The van der Waals surface area contributed by atoms with Gasteiger partial charge in [0.05, 0.1) is 29.8 Å². The predicted octanol–water partition coefficient (Wildman–Crippen LogP) is 4.29. The Bertz CT molecular complexity index is 1250. The van der Waals surface area contributed by atoms with Crippen molar-refractivity contribution in [2.75, 3.05) is 29.5 Å². The van der Waals surface area contributed by atoms with Gasteiger partial charge in [-0.15, -0.1) is 0 Å². The second-order valence-electron chi connectivity index (χ2n) is 7.46. The Morgan fingerprint density at radius 2 is 2.09 bits per heavy atom. The third kappa shape index (κ3) is 5.05. The van der Waals surface area contributed by atoms with Gasteiger partial charge in [0.25, 0.3) is 6.43 Å².